The lowest BCUT2D eigenvalue weighted by Crippen LogP contribution is -2.08. The van der Waals surface area contributed by atoms with Gasteiger partial charge >= 0.3 is 5.97 Å². The Kier molecular flexibility index (Phi) is 6.72. The molecule has 3 heteroatoms. The Morgan fingerprint density at radius 2 is 2.05 bits per heavy atom. The third-order valence-electron chi connectivity index (χ3n) is 2.88. The summed E-state index contributed by atoms with van der Waals surface area (Å²) in [6.45, 7) is 5.11. The van der Waals surface area contributed by atoms with Gasteiger partial charge in [-0.2, -0.15) is 0 Å². The highest BCUT2D eigenvalue weighted by atomic mass is 16.5. The van der Waals surface area contributed by atoms with Gasteiger partial charge < -0.3 is 9.84 Å². The van der Waals surface area contributed by atoms with Crippen LogP contribution in [0.1, 0.15) is 38.7 Å². The molecule has 0 aliphatic heterocycles. The minimum Gasteiger partial charge on any atom is -0.493 e. The maximum Gasteiger partial charge on any atom is 0.328 e. The molecule has 0 spiro atoms. The van der Waals surface area contributed by atoms with E-state index < -0.39 is 5.97 Å². The Labute approximate surface area is 114 Å². The summed E-state index contributed by atoms with van der Waals surface area (Å²) < 4.78 is 5.71. The number of carboxylic acid groups (broad SMARTS) is 1. The molecule has 1 aromatic rings. The molecule has 0 saturated heterocycles. The van der Waals surface area contributed by atoms with Crippen LogP contribution in [0.4, 0.5) is 0 Å². The van der Waals surface area contributed by atoms with E-state index in [9.17, 15) is 4.79 Å². The first kappa shape index (κ1) is 15.3. The number of aliphatic carboxylic acids is 1. The molecule has 0 aromatic heterocycles. The van der Waals surface area contributed by atoms with E-state index in [0.717, 1.165) is 24.0 Å². The second-order valence-electron chi connectivity index (χ2n) is 4.80. The molecule has 0 aliphatic carbocycles. The second kappa shape index (κ2) is 8.35. The number of hydrogen-bond acceptors (Lipinski definition) is 2. The largest absolute Gasteiger partial charge is 0.493 e. The summed E-state index contributed by atoms with van der Waals surface area (Å²) in [7, 11) is 0. The lowest BCUT2D eigenvalue weighted by molar-refractivity contribution is -0.131. The normalized spacial score (nSPS) is 12.5. The lowest BCUT2D eigenvalue weighted by atomic mass is 10.1. The van der Waals surface area contributed by atoms with E-state index in [1.54, 1.807) is 6.08 Å². The predicted molar refractivity (Wildman–Crippen MR) is 77.3 cm³/mol. The van der Waals surface area contributed by atoms with Crippen molar-refractivity contribution in [3.8, 4) is 5.75 Å². The van der Waals surface area contributed by atoms with Crippen molar-refractivity contribution in [3.05, 3.63) is 35.9 Å². The van der Waals surface area contributed by atoms with Gasteiger partial charge in [0.1, 0.15) is 5.75 Å². The summed E-state index contributed by atoms with van der Waals surface area (Å²) in [5.74, 6) is 0.451. The van der Waals surface area contributed by atoms with E-state index in [1.807, 2.05) is 24.3 Å². The van der Waals surface area contributed by atoms with Crippen molar-refractivity contribution in [2.45, 2.75) is 33.1 Å². The molecule has 1 atom stereocenters. The Balaban J connectivity index is 2.42. The zero-order valence-electron chi connectivity index (χ0n) is 11.6. The van der Waals surface area contributed by atoms with E-state index in [4.69, 9.17) is 9.84 Å². The molecule has 1 aromatic carbocycles. The van der Waals surface area contributed by atoms with Crippen molar-refractivity contribution in [3.63, 3.8) is 0 Å². The molecule has 3 nitrogen and oxygen atoms in total. The monoisotopic (exact) mass is 262 g/mol. The van der Waals surface area contributed by atoms with Gasteiger partial charge in [-0.1, -0.05) is 38.8 Å². The van der Waals surface area contributed by atoms with Gasteiger partial charge in [0.15, 0.2) is 0 Å². The molecule has 0 fully saturated rings. The van der Waals surface area contributed by atoms with E-state index in [-0.39, 0.29) is 0 Å². The number of carboxylic acids is 1. The van der Waals surface area contributed by atoms with Crippen LogP contribution < -0.4 is 4.74 Å². The van der Waals surface area contributed by atoms with Crippen molar-refractivity contribution < 1.29 is 14.6 Å². The number of ether oxygens (including phenoxy) is 1. The van der Waals surface area contributed by atoms with E-state index >= 15 is 0 Å². The van der Waals surface area contributed by atoms with Gasteiger partial charge in [0.05, 0.1) is 6.61 Å². The third kappa shape index (κ3) is 6.65. The number of hydrogen-bond donors (Lipinski definition) is 1. The number of unbranched alkanes of at least 4 members (excludes halogenated alkanes) is 1. The van der Waals surface area contributed by atoms with Gasteiger partial charge in [0.25, 0.3) is 0 Å². The number of carbonyl (C=O) groups is 1. The summed E-state index contributed by atoms with van der Waals surface area (Å²) in [6.07, 6.45) is 6.34. The Morgan fingerprint density at radius 1 is 1.37 bits per heavy atom. The fraction of sp³-hybridized carbons (Fsp3) is 0.438. The summed E-state index contributed by atoms with van der Waals surface area (Å²) in [5, 5.41) is 8.53. The molecule has 0 heterocycles. The van der Waals surface area contributed by atoms with Crippen molar-refractivity contribution in [2.75, 3.05) is 6.61 Å². The molecule has 1 unspecified atom stereocenters. The van der Waals surface area contributed by atoms with Crippen LogP contribution in [0, 0.1) is 5.92 Å². The minimum atomic E-state index is -0.940. The maximum atomic E-state index is 10.4. The number of rotatable bonds is 8. The summed E-state index contributed by atoms with van der Waals surface area (Å²) in [6, 6.07) is 7.44. The highest BCUT2D eigenvalue weighted by molar-refractivity contribution is 5.85. The van der Waals surface area contributed by atoms with Gasteiger partial charge in [0.2, 0.25) is 0 Å². The first-order chi connectivity index (χ1) is 9.11. The number of benzene rings is 1. The van der Waals surface area contributed by atoms with E-state index in [0.29, 0.717) is 5.92 Å². The minimum absolute atomic E-state index is 0.562. The Morgan fingerprint density at radius 3 is 2.63 bits per heavy atom. The lowest BCUT2D eigenvalue weighted by Gasteiger charge is -2.12. The zero-order valence-corrected chi connectivity index (χ0v) is 11.6. The van der Waals surface area contributed by atoms with Crippen LogP contribution in [-0.2, 0) is 4.79 Å². The molecular weight excluding hydrogens is 240 g/mol. The SMILES string of the molecule is CCCCC(C)COc1ccc(C=CC(=O)O)cc1. The Hall–Kier alpha value is -1.77. The maximum absolute atomic E-state index is 10.4. The van der Waals surface area contributed by atoms with Gasteiger partial charge in [-0.3, -0.25) is 0 Å². The fourth-order valence-corrected chi connectivity index (χ4v) is 1.72. The molecule has 0 bridgehead atoms. The van der Waals surface area contributed by atoms with Crippen molar-refractivity contribution in [2.24, 2.45) is 5.92 Å². The van der Waals surface area contributed by atoms with E-state index in [2.05, 4.69) is 13.8 Å². The topological polar surface area (TPSA) is 46.5 Å². The van der Waals surface area contributed by atoms with Gasteiger partial charge in [-0.25, -0.2) is 4.79 Å². The van der Waals surface area contributed by atoms with Crippen LogP contribution >= 0.6 is 0 Å². The van der Waals surface area contributed by atoms with Crippen LogP contribution in [0.2, 0.25) is 0 Å². The highest BCUT2D eigenvalue weighted by Crippen LogP contribution is 2.15. The molecule has 104 valence electrons. The predicted octanol–water partition coefficient (Wildman–Crippen LogP) is 3.99. The van der Waals surface area contributed by atoms with Crippen LogP contribution in [-0.4, -0.2) is 17.7 Å². The van der Waals surface area contributed by atoms with Gasteiger partial charge in [-0.05, 0) is 36.1 Å². The molecule has 0 amide bonds. The first-order valence-corrected chi connectivity index (χ1v) is 6.75. The summed E-state index contributed by atoms with van der Waals surface area (Å²) >= 11 is 0. The van der Waals surface area contributed by atoms with Crippen molar-refractivity contribution >= 4 is 12.0 Å². The smallest absolute Gasteiger partial charge is 0.328 e. The van der Waals surface area contributed by atoms with Crippen LogP contribution in [0.3, 0.4) is 0 Å². The van der Waals surface area contributed by atoms with Gasteiger partial charge in [-0.15, -0.1) is 0 Å². The molecule has 0 saturated carbocycles. The van der Waals surface area contributed by atoms with Crippen molar-refractivity contribution in [1.82, 2.24) is 0 Å². The molecule has 19 heavy (non-hydrogen) atoms. The average Bonchev–Trinajstić information content (AvgIpc) is 2.41. The van der Waals surface area contributed by atoms with Crippen LogP contribution in [0.25, 0.3) is 6.08 Å². The zero-order chi connectivity index (χ0) is 14.1. The first-order valence-electron chi connectivity index (χ1n) is 6.75. The average molecular weight is 262 g/mol. The highest BCUT2D eigenvalue weighted by Gasteiger charge is 2.02. The molecular formula is C16H22O3. The summed E-state index contributed by atoms with van der Waals surface area (Å²) in [4.78, 5) is 10.4. The molecule has 0 aliphatic rings. The fourth-order valence-electron chi connectivity index (χ4n) is 1.72. The molecule has 0 radical (unpaired) electrons. The third-order valence-corrected chi connectivity index (χ3v) is 2.88. The molecule has 1 rings (SSSR count). The quantitative estimate of drug-likeness (QED) is 0.720. The van der Waals surface area contributed by atoms with Crippen LogP contribution in [0.5, 0.6) is 5.75 Å². The van der Waals surface area contributed by atoms with Crippen molar-refractivity contribution in [1.29, 1.82) is 0 Å². The standard InChI is InChI=1S/C16H22O3/c1-3-4-5-13(2)12-19-15-9-6-14(7-10-15)8-11-16(17)18/h6-11,13H,3-5,12H2,1-2H3,(H,17,18). The second-order valence-corrected chi connectivity index (χ2v) is 4.80. The van der Waals surface area contributed by atoms with E-state index in [1.165, 1.54) is 19.3 Å². The van der Waals surface area contributed by atoms with Crippen LogP contribution in [0.15, 0.2) is 30.3 Å². The molecule has 1 N–H and O–H groups in total. The summed E-state index contributed by atoms with van der Waals surface area (Å²) in [5.41, 5.74) is 0.855. The van der Waals surface area contributed by atoms with Gasteiger partial charge in [0, 0.05) is 6.08 Å². The Bertz CT molecular complexity index is 407.